The molecule has 23 heavy (non-hydrogen) atoms. The molecule has 3 aromatic rings. The SMILES string of the molecule is N#Cc1cncc(N2CCc3nc(-c4ccccn4)oc3C2)c1. The van der Waals surface area contributed by atoms with Crippen LogP contribution in [0.4, 0.5) is 5.69 Å². The fourth-order valence-corrected chi connectivity index (χ4v) is 2.68. The van der Waals surface area contributed by atoms with Gasteiger partial charge in [0.2, 0.25) is 5.89 Å². The molecule has 0 aliphatic carbocycles. The molecule has 0 unspecified atom stereocenters. The smallest absolute Gasteiger partial charge is 0.245 e. The van der Waals surface area contributed by atoms with E-state index in [-0.39, 0.29) is 0 Å². The lowest BCUT2D eigenvalue weighted by Gasteiger charge is -2.26. The Balaban J connectivity index is 1.62. The van der Waals surface area contributed by atoms with Crippen LogP contribution in [0.3, 0.4) is 0 Å². The summed E-state index contributed by atoms with van der Waals surface area (Å²) < 4.78 is 5.90. The van der Waals surface area contributed by atoms with Crippen LogP contribution in [0.5, 0.6) is 0 Å². The lowest BCUT2D eigenvalue weighted by Crippen LogP contribution is -2.30. The number of aromatic nitrogens is 3. The molecule has 0 spiro atoms. The van der Waals surface area contributed by atoms with Crippen molar-refractivity contribution in [1.29, 1.82) is 5.26 Å². The second-order valence-corrected chi connectivity index (χ2v) is 5.32. The van der Waals surface area contributed by atoms with Crippen LogP contribution < -0.4 is 4.90 Å². The average Bonchev–Trinajstić information content (AvgIpc) is 3.06. The van der Waals surface area contributed by atoms with Crippen LogP contribution in [0.15, 0.2) is 47.3 Å². The Labute approximate surface area is 133 Å². The lowest BCUT2D eigenvalue weighted by atomic mass is 10.1. The van der Waals surface area contributed by atoms with Gasteiger partial charge in [0.05, 0.1) is 29.7 Å². The molecule has 0 N–H and O–H groups in total. The second kappa shape index (κ2) is 5.54. The van der Waals surface area contributed by atoms with Gasteiger partial charge in [0.1, 0.15) is 17.5 Å². The van der Waals surface area contributed by atoms with Crippen molar-refractivity contribution >= 4 is 5.69 Å². The van der Waals surface area contributed by atoms with Crippen molar-refractivity contribution in [2.24, 2.45) is 0 Å². The number of nitriles is 1. The Hall–Kier alpha value is -3.20. The highest BCUT2D eigenvalue weighted by Crippen LogP contribution is 2.27. The first kappa shape index (κ1) is 13.5. The molecule has 4 heterocycles. The summed E-state index contributed by atoms with van der Waals surface area (Å²) >= 11 is 0. The van der Waals surface area contributed by atoms with Crippen molar-refractivity contribution in [3.05, 3.63) is 59.9 Å². The quantitative estimate of drug-likeness (QED) is 0.724. The van der Waals surface area contributed by atoms with E-state index in [4.69, 9.17) is 9.68 Å². The highest BCUT2D eigenvalue weighted by molar-refractivity contribution is 5.52. The molecule has 1 aliphatic rings. The molecule has 1 aliphatic heterocycles. The van der Waals surface area contributed by atoms with Crippen molar-refractivity contribution in [3.8, 4) is 17.7 Å². The van der Waals surface area contributed by atoms with Crippen molar-refractivity contribution in [2.45, 2.75) is 13.0 Å². The molecule has 0 radical (unpaired) electrons. The third-order valence-corrected chi connectivity index (χ3v) is 3.83. The number of pyridine rings is 2. The molecule has 0 bridgehead atoms. The predicted octanol–water partition coefficient (Wildman–Crippen LogP) is 2.57. The van der Waals surface area contributed by atoms with Crippen molar-refractivity contribution in [1.82, 2.24) is 15.0 Å². The van der Waals surface area contributed by atoms with Crippen molar-refractivity contribution < 1.29 is 4.42 Å². The van der Waals surface area contributed by atoms with Crippen molar-refractivity contribution in [2.75, 3.05) is 11.4 Å². The maximum atomic E-state index is 9.00. The van der Waals surface area contributed by atoms with Crippen LogP contribution in [-0.2, 0) is 13.0 Å². The Morgan fingerprint density at radius 3 is 3.04 bits per heavy atom. The standard InChI is InChI=1S/C17H13N5O/c18-8-12-7-13(10-19-9-12)22-6-4-14-16(11-22)23-17(21-14)15-3-1-2-5-20-15/h1-3,5,7,9-10H,4,6,11H2. The van der Waals surface area contributed by atoms with Crippen LogP contribution in [0, 0.1) is 11.3 Å². The molecule has 3 aromatic heterocycles. The van der Waals surface area contributed by atoms with Gasteiger partial charge in [-0.05, 0) is 18.2 Å². The minimum Gasteiger partial charge on any atom is -0.438 e. The van der Waals surface area contributed by atoms with E-state index in [1.807, 2.05) is 24.3 Å². The number of hydrogen-bond acceptors (Lipinski definition) is 6. The molecule has 0 fully saturated rings. The Morgan fingerprint density at radius 2 is 2.22 bits per heavy atom. The summed E-state index contributed by atoms with van der Waals surface area (Å²) in [5.74, 6) is 1.40. The molecule has 6 heteroatoms. The zero-order valence-electron chi connectivity index (χ0n) is 12.3. The van der Waals surface area contributed by atoms with Gasteiger partial charge in [-0.3, -0.25) is 9.97 Å². The first-order valence-corrected chi connectivity index (χ1v) is 7.33. The van der Waals surface area contributed by atoms with E-state index < -0.39 is 0 Å². The van der Waals surface area contributed by atoms with Gasteiger partial charge in [-0.1, -0.05) is 6.07 Å². The van der Waals surface area contributed by atoms with Gasteiger partial charge in [-0.2, -0.15) is 5.26 Å². The number of nitrogens with zero attached hydrogens (tertiary/aromatic N) is 5. The number of hydrogen-bond donors (Lipinski definition) is 0. The molecular formula is C17H13N5O. The van der Waals surface area contributed by atoms with Crippen LogP contribution in [-0.4, -0.2) is 21.5 Å². The summed E-state index contributed by atoms with van der Waals surface area (Å²) in [4.78, 5) is 15.1. The highest BCUT2D eigenvalue weighted by atomic mass is 16.4. The second-order valence-electron chi connectivity index (χ2n) is 5.32. The Morgan fingerprint density at radius 1 is 1.26 bits per heavy atom. The van der Waals surface area contributed by atoms with E-state index in [1.165, 1.54) is 0 Å². The Bertz CT molecular complexity index is 881. The van der Waals surface area contributed by atoms with E-state index in [2.05, 4.69) is 25.9 Å². The maximum Gasteiger partial charge on any atom is 0.245 e. The molecule has 0 aromatic carbocycles. The predicted molar refractivity (Wildman–Crippen MR) is 83.4 cm³/mol. The third-order valence-electron chi connectivity index (χ3n) is 3.83. The molecule has 0 amide bonds. The zero-order chi connectivity index (χ0) is 15.6. The van der Waals surface area contributed by atoms with E-state index in [0.29, 0.717) is 18.0 Å². The minimum absolute atomic E-state index is 0.556. The van der Waals surface area contributed by atoms with Gasteiger partial charge in [0, 0.05) is 25.4 Å². The molecule has 112 valence electrons. The lowest BCUT2D eigenvalue weighted by molar-refractivity contribution is 0.494. The maximum absolute atomic E-state index is 9.00. The zero-order valence-corrected chi connectivity index (χ0v) is 12.3. The number of rotatable bonds is 2. The summed E-state index contributed by atoms with van der Waals surface area (Å²) in [7, 11) is 0. The van der Waals surface area contributed by atoms with E-state index >= 15 is 0 Å². The number of fused-ring (bicyclic) bond motifs is 1. The summed E-state index contributed by atoms with van der Waals surface area (Å²) in [6.45, 7) is 1.43. The molecule has 0 saturated heterocycles. The summed E-state index contributed by atoms with van der Waals surface area (Å²) in [5.41, 5.74) is 3.19. The fraction of sp³-hybridized carbons (Fsp3) is 0.176. The fourth-order valence-electron chi connectivity index (χ4n) is 2.68. The third kappa shape index (κ3) is 2.53. The molecule has 4 rings (SSSR count). The van der Waals surface area contributed by atoms with E-state index in [9.17, 15) is 0 Å². The topological polar surface area (TPSA) is 78.8 Å². The minimum atomic E-state index is 0.556. The summed E-state index contributed by atoms with van der Waals surface area (Å²) in [5, 5.41) is 9.00. The number of oxazole rings is 1. The Kier molecular flexibility index (Phi) is 3.24. The monoisotopic (exact) mass is 303 g/mol. The van der Waals surface area contributed by atoms with Gasteiger partial charge in [-0.25, -0.2) is 4.98 Å². The molecule has 0 atom stereocenters. The first-order valence-electron chi connectivity index (χ1n) is 7.33. The van der Waals surface area contributed by atoms with Crippen LogP contribution in [0.1, 0.15) is 17.0 Å². The van der Waals surface area contributed by atoms with Gasteiger partial charge in [-0.15, -0.1) is 0 Å². The molecular weight excluding hydrogens is 290 g/mol. The molecule has 0 saturated carbocycles. The highest BCUT2D eigenvalue weighted by Gasteiger charge is 2.23. The molecule has 6 nitrogen and oxygen atoms in total. The van der Waals surface area contributed by atoms with Crippen molar-refractivity contribution in [3.63, 3.8) is 0 Å². The van der Waals surface area contributed by atoms with Gasteiger partial charge < -0.3 is 9.32 Å². The van der Waals surface area contributed by atoms with Gasteiger partial charge in [0.15, 0.2) is 0 Å². The number of anilines is 1. The van der Waals surface area contributed by atoms with Crippen LogP contribution in [0.25, 0.3) is 11.6 Å². The van der Waals surface area contributed by atoms with E-state index in [0.717, 1.165) is 35.8 Å². The van der Waals surface area contributed by atoms with Crippen LogP contribution in [0.2, 0.25) is 0 Å². The van der Waals surface area contributed by atoms with Gasteiger partial charge in [0.25, 0.3) is 0 Å². The van der Waals surface area contributed by atoms with E-state index in [1.54, 1.807) is 18.6 Å². The normalized spacial score (nSPS) is 13.4. The first-order chi connectivity index (χ1) is 11.3. The summed E-state index contributed by atoms with van der Waals surface area (Å²) in [6, 6.07) is 9.62. The average molecular weight is 303 g/mol. The summed E-state index contributed by atoms with van der Waals surface area (Å²) in [6.07, 6.45) is 5.85. The van der Waals surface area contributed by atoms with Gasteiger partial charge >= 0.3 is 0 Å². The van der Waals surface area contributed by atoms with Crippen LogP contribution >= 0.6 is 0 Å². The largest absolute Gasteiger partial charge is 0.438 e.